The summed E-state index contributed by atoms with van der Waals surface area (Å²) in [7, 11) is 3.97. The van der Waals surface area contributed by atoms with Crippen LogP contribution in [-0.4, -0.2) is 43.2 Å². The first-order valence-corrected chi connectivity index (χ1v) is 12.9. The Morgan fingerprint density at radius 2 is 1.81 bits per heavy atom. The molecule has 7 nitrogen and oxygen atoms in total. The van der Waals surface area contributed by atoms with Crippen molar-refractivity contribution < 1.29 is 9.59 Å². The van der Waals surface area contributed by atoms with Gasteiger partial charge in [0.05, 0.1) is 12.1 Å². The van der Waals surface area contributed by atoms with Gasteiger partial charge in [-0.1, -0.05) is 43.7 Å². The van der Waals surface area contributed by atoms with Crippen molar-refractivity contribution in [1.82, 2.24) is 9.99 Å². The van der Waals surface area contributed by atoms with Crippen molar-refractivity contribution >= 4 is 51.2 Å². The van der Waals surface area contributed by atoms with E-state index in [9.17, 15) is 9.59 Å². The van der Waals surface area contributed by atoms with Crippen LogP contribution >= 0.6 is 0 Å². The maximum Gasteiger partial charge on any atom is 0.245 e. The lowest BCUT2D eigenvalue weighted by atomic mass is 10.1. The Kier molecular flexibility index (Phi) is 6.95. The molecule has 37 heavy (non-hydrogen) atoms. The molecule has 1 unspecified atom stereocenters. The van der Waals surface area contributed by atoms with Crippen molar-refractivity contribution in [2.24, 2.45) is 11.0 Å². The van der Waals surface area contributed by atoms with Crippen molar-refractivity contribution in [1.29, 1.82) is 0 Å². The molecule has 5 rings (SSSR count). The zero-order valence-corrected chi connectivity index (χ0v) is 21.6. The molecule has 0 saturated carbocycles. The molecule has 0 aliphatic carbocycles. The topological polar surface area (TPSA) is 69.9 Å². The fourth-order valence-corrected chi connectivity index (χ4v) is 5.02. The quantitative estimate of drug-likeness (QED) is 0.271. The number of hydrogen-bond acceptors (Lipinski definition) is 4. The Hall–Kier alpha value is -4.13. The highest BCUT2D eigenvalue weighted by molar-refractivity contribution is 6.10. The Morgan fingerprint density at radius 1 is 1.05 bits per heavy atom. The van der Waals surface area contributed by atoms with Crippen LogP contribution in [0.2, 0.25) is 0 Å². The van der Waals surface area contributed by atoms with Crippen LogP contribution in [-0.2, 0) is 16.1 Å². The molecule has 0 spiro atoms. The first-order valence-electron chi connectivity index (χ1n) is 12.9. The van der Waals surface area contributed by atoms with Crippen LogP contribution in [0.25, 0.3) is 21.8 Å². The Balaban J connectivity index is 1.31. The normalized spacial score (nSPS) is 15.8. The molecule has 3 aromatic carbocycles. The fourth-order valence-electron chi connectivity index (χ4n) is 5.02. The Labute approximate surface area is 217 Å². The molecule has 4 aromatic rings. The Morgan fingerprint density at radius 3 is 2.57 bits per heavy atom. The van der Waals surface area contributed by atoms with E-state index < -0.39 is 5.92 Å². The van der Waals surface area contributed by atoms with E-state index in [0.29, 0.717) is 6.54 Å². The highest BCUT2D eigenvalue weighted by Gasteiger charge is 2.35. The van der Waals surface area contributed by atoms with Crippen LogP contribution in [0.1, 0.15) is 31.7 Å². The number of aromatic nitrogens is 1. The van der Waals surface area contributed by atoms with E-state index in [-0.39, 0.29) is 18.2 Å². The van der Waals surface area contributed by atoms with E-state index in [1.54, 1.807) is 11.1 Å². The van der Waals surface area contributed by atoms with Crippen molar-refractivity contribution in [3.63, 3.8) is 0 Å². The number of aryl methyl sites for hydroxylation is 1. The van der Waals surface area contributed by atoms with Crippen LogP contribution in [0.3, 0.4) is 0 Å². The number of carbonyl (C=O) groups is 2. The van der Waals surface area contributed by atoms with Crippen LogP contribution in [0.5, 0.6) is 0 Å². The monoisotopic (exact) mass is 495 g/mol. The summed E-state index contributed by atoms with van der Waals surface area (Å²) >= 11 is 0. The number of carbonyl (C=O) groups excluding carboxylic acids is 2. The van der Waals surface area contributed by atoms with Gasteiger partial charge in [0.2, 0.25) is 11.8 Å². The third kappa shape index (κ3) is 4.94. The standard InChI is InChI=1S/C30H33N5O2/c1-4-5-16-34-27-9-7-6-8-25(27)26-18-24(14-15-28(26)34)35-20-22(17-29(35)36)30(37)32-31-19-21-10-12-23(13-11-21)33(2)3/h6-15,18-19,22H,4-5,16-17,20H2,1-3H3,(H,32,37)/b31-19-. The van der Waals surface area contributed by atoms with E-state index in [2.05, 4.69) is 58.4 Å². The fraction of sp³-hybridized carbons (Fsp3) is 0.300. The van der Waals surface area contributed by atoms with Crippen molar-refractivity contribution in [3.8, 4) is 0 Å². The largest absolute Gasteiger partial charge is 0.378 e. The van der Waals surface area contributed by atoms with Gasteiger partial charge in [-0.25, -0.2) is 5.43 Å². The molecule has 7 heteroatoms. The van der Waals surface area contributed by atoms with Gasteiger partial charge >= 0.3 is 0 Å². The molecule has 0 radical (unpaired) electrons. The minimum Gasteiger partial charge on any atom is -0.378 e. The minimum atomic E-state index is -0.442. The molecule has 2 amide bonds. The molecular formula is C30H33N5O2. The van der Waals surface area contributed by atoms with Gasteiger partial charge in [-0.05, 0) is 48.4 Å². The highest BCUT2D eigenvalue weighted by Crippen LogP contribution is 2.34. The lowest BCUT2D eigenvalue weighted by Crippen LogP contribution is -2.30. The third-order valence-corrected chi connectivity index (χ3v) is 7.10. The number of rotatable bonds is 8. The van der Waals surface area contributed by atoms with E-state index in [0.717, 1.165) is 41.7 Å². The number of amides is 2. The lowest BCUT2D eigenvalue weighted by molar-refractivity contribution is -0.126. The summed E-state index contributed by atoms with van der Waals surface area (Å²) in [6, 6.07) is 22.5. The van der Waals surface area contributed by atoms with Gasteiger partial charge in [0, 0.05) is 66.8 Å². The molecule has 1 atom stereocenters. The predicted molar refractivity (Wildman–Crippen MR) is 151 cm³/mol. The van der Waals surface area contributed by atoms with Crippen LogP contribution < -0.4 is 15.2 Å². The van der Waals surface area contributed by atoms with Gasteiger partial charge in [-0.15, -0.1) is 0 Å². The van der Waals surface area contributed by atoms with Gasteiger partial charge < -0.3 is 14.4 Å². The molecule has 1 fully saturated rings. The third-order valence-electron chi connectivity index (χ3n) is 7.10. The molecule has 2 heterocycles. The van der Waals surface area contributed by atoms with Crippen LogP contribution in [0, 0.1) is 5.92 Å². The molecular weight excluding hydrogens is 462 g/mol. The first kappa shape index (κ1) is 24.6. The number of nitrogens with zero attached hydrogens (tertiary/aromatic N) is 4. The maximum absolute atomic E-state index is 12.9. The smallest absolute Gasteiger partial charge is 0.245 e. The second-order valence-corrected chi connectivity index (χ2v) is 9.85. The minimum absolute atomic E-state index is 0.0440. The Bertz CT molecular complexity index is 1470. The zero-order valence-electron chi connectivity index (χ0n) is 21.6. The van der Waals surface area contributed by atoms with Gasteiger partial charge in [-0.2, -0.15) is 5.10 Å². The SMILES string of the molecule is CCCCn1c2ccccc2c2cc(N3CC(C(=O)N/N=C\c4ccc(N(C)C)cc4)CC3=O)ccc21. The summed E-state index contributed by atoms with van der Waals surface area (Å²) in [4.78, 5) is 29.4. The number of benzene rings is 3. The molecule has 1 saturated heterocycles. The summed E-state index contributed by atoms with van der Waals surface area (Å²) < 4.78 is 2.37. The van der Waals surface area contributed by atoms with Gasteiger partial charge in [-0.3, -0.25) is 9.59 Å². The number of fused-ring (bicyclic) bond motifs is 3. The van der Waals surface area contributed by atoms with Gasteiger partial charge in [0.25, 0.3) is 0 Å². The predicted octanol–water partition coefficient (Wildman–Crippen LogP) is 5.16. The summed E-state index contributed by atoms with van der Waals surface area (Å²) in [5, 5.41) is 6.43. The van der Waals surface area contributed by atoms with Gasteiger partial charge in [0.1, 0.15) is 0 Å². The van der Waals surface area contributed by atoms with E-state index in [4.69, 9.17) is 0 Å². The second kappa shape index (κ2) is 10.5. The summed E-state index contributed by atoms with van der Waals surface area (Å²) in [6.45, 7) is 3.51. The number of para-hydroxylation sites is 1. The average Bonchev–Trinajstić information content (AvgIpc) is 3.45. The number of unbranched alkanes of at least 4 members (excludes halogenated alkanes) is 1. The molecule has 1 aliphatic rings. The van der Waals surface area contributed by atoms with Crippen molar-refractivity contribution in [2.75, 3.05) is 30.4 Å². The average molecular weight is 496 g/mol. The van der Waals surface area contributed by atoms with E-state index in [1.165, 1.54) is 16.4 Å². The first-order chi connectivity index (χ1) is 18.0. The number of nitrogens with one attached hydrogen (secondary N) is 1. The summed E-state index contributed by atoms with van der Waals surface area (Å²) in [6.07, 6.45) is 4.04. The molecule has 1 aliphatic heterocycles. The highest BCUT2D eigenvalue weighted by atomic mass is 16.2. The lowest BCUT2D eigenvalue weighted by Gasteiger charge is -2.17. The van der Waals surface area contributed by atoms with Crippen molar-refractivity contribution in [3.05, 3.63) is 72.3 Å². The van der Waals surface area contributed by atoms with E-state index >= 15 is 0 Å². The van der Waals surface area contributed by atoms with Crippen LogP contribution in [0.4, 0.5) is 11.4 Å². The van der Waals surface area contributed by atoms with Crippen molar-refractivity contribution in [2.45, 2.75) is 32.7 Å². The summed E-state index contributed by atoms with van der Waals surface area (Å²) in [5.74, 6) is -0.728. The number of hydrazone groups is 1. The molecule has 190 valence electrons. The molecule has 1 N–H and O–H groups in total. The summed E-state index contributed by atoms with van der Waals surface area (Å²) in [5.41, 5.74) is 7.81. The van der Waals surface area contributed by atoms with Crippen LogP contribution in [0.15, 0.2) is 71.8 Å². The molecule has 1 aromatic heterocycles. The van der Waals surface area contributed by atoms with Gasteiger partial charge in [0.15, 0.2) is 0 Å². The van der Waals surface area contributed by atoms with E-state index in [1.807, 2.05) is 49.3 Å². The zero-order chi connectivity index (χ0) is 25.9. The second-order valence-electron chi connectivity index (χ2n) is 9.85. The maximum atomic E-state index is 12.9. The number of anilines is 2. The molecule has 0 bridgehead atoms. The number of hydrogen-bond donors (Lipinski definition) is 1.